The van der Waals surface area contributed by atoms with Crippen molar-refractivity contribution in [1.29, 1.82) is 0 Å². The van der Waals surface area contributed by atoms with Gasteiger partial charge in [0, 0.05) is 42.4 Å². The van der Waals surface area contributed by atoms with Crippen LogP contribution in [0.3, 0.4) is 0 Å². The van der Waals surface area contributed by atoms with Gasteiger partial charge in [-0.2, -0.15) is 4.98 Å². The molecule has 2 aromatic heterocycles. The first-order valence-corrected chi connectivity index (χ1v) is 9.96. The molecule has 0 spiro atoms. The van der Waals surface area contributed by atoms with Crippen LogP contribution in [-0.2, 0) is 0 Å². The predicted octanol–water partition coefficient (Wildman–Crippen LogP) is 4.31. The number of benzene rings is 1. The number of anilines is 4. The van der Waals surface area contributed by atoms with E-state index < -0.39 is 11.7 Å². The van der Waals surface area contributed by atoms with Crippen molar-refractivity contribution in [2.45, 2.75) is 26.2 Å². The molecule has 3 heterocycles. The molecule has 1 aromatic carbocycles. The van der Waals surface area contributed by atoms with Gasteiger partial charge in [0.1, 0.15) is 11.6 Å². The van der Waals surface area contributed by atoms with E-state index in [0.29, 0.717) is 11.6 Å². The minimum Gasteiger partial charge on any atom is -0.356 e. The number of hydrogen-bond acceptors (Lipinski definition) is 6. The van der Waals surface area contributed by atoms with Gasteiger partial charge in [-0.3, -0.25) is 9.78 Å². The summed E-state index contributed by atoms with van der Waals surface area (Å²) < 4.78 is 13.2. The van der Waals surface area contributed by atoms with Crippen LogP contribution in [0.1, 0.15) is 35.3 Å². The molecule has 0 saturated carbocycles. The zero-order chi connectivity index (χ0) is 20.9. The number of pyridine rings is 1. The van der Waals surface area contributed by atoms with Gasteiger partial charge in [0.05, 0.1) is 11.8 Å². The molecule has 0 aliphatic carbocycles. The van der Waals surface area contributed by atoms with Crippen LogP contribution < -0.4 is 15.5 Å². The molecule has 1 aliphatic heterocycles. The van der Waals surface area contributed by atoms with Gasteiger partial charge >= 0.3 is 0 Å². The molecule has 0 atom stereocenters. The van der Waals surface area contributed by atoms with Crippen molar-refractivity contribution in [2.75, 3.05) is 28.6 Å². The molecule has 154 valence electrons. The van der Waals surface area contributed by atoms with E-state index in [1.54, 1.807) is 12.1 Å². The van der Waals surface area contributed by atoms with Gasteiger partial charge in [-0.25, -0.2) is 9.37 Å². The van der Waals surface area contributed by atoms with Gasteiger partial charge in [0.15, 0.2) is 0 Å². The number of nitrogens with zero attached hydrogens (tertiary/aromatic N) is 4. The number of amides is 1. The molecule has 0 bridgehead atoms. The second-order valence-electron chi connectivity index (χ2n) is 7.29. The van der Waals surface area contributed by atoms with E-state index in [2.05, 4.69) is 30.5 Å². The summed E-state index contributed by atoms with van der Waals surface area (Å²) in [6.45, 7) is 4.00. The van der Waals surface area contributed by atoms with E-state index in [4.69, 9.17) is 0 Å². The number of aromatic nitrogens is 3. The smallest absolute Gasteiger partial charge is 0.257 e. The van der Waals surface area contributed by atoms with Crippen molar-refractivity contribution in [3.63, 3.8) is 0 Å². The molecule has 4 rings (SSSR count). The van der Waals surface area contributed by atoms with Crippen molar-refractivity contribution in [3.05, 3.63) is 65.9 Å². The molecule has 0 unspecified atom stereocenters. The Kier molecular flexibility index (Phi) is 5.83. The number of carbonyl (C=O) groups excluding carboxylic acids is 1. The maximum Gasteiger partial charge on any atom is 0.257 e. The predicted molar refractivity (Wildman–Crippen MR) is 115 cm³/mol. The maximum atomic E-state index is 13.2. The lowest BCUT2D eigenvalue weighted by atomic mass is 10.1. The minimum absolute atomic E-state index is 0.163. The Morgan fingerprint density at radius 1 is 1.00 bits per heavy atom. The molecule has 0 radical (unpaired) electrons. The highest BCUT2D eigenvalue weighted by Crippen LogP contribution is 2.22. The normalized spacial score (nSPS) is 13.7. The molecule has 1 saturated heterocycles. The van der Waals surface area contributed by atoms with E-state index in [-0.39, 0.29) is 5.56 Å². The monoisotopic (exact) mass is 406 g/mol. The van der Waals surface area contributed by atoms with Gasteiger partial charge in [-0.15, -0.1) is 0 Å². The van der Waals surface area contributed by atoms with Crippen LogP contribution in [0.5, 0.6) is 0 Å². The van der Waals surface area contributed by atoms with E-state index in [9.17, 15) is 9.18 Å². The summed E-state index contributed by atoms with van der Waals surface area (Å²) in [4.78, 5) is 27.3. The number of aryl methyl sites for hydroxylation is 1. The summed E-state index contributed by atoms with van der Waals surface area (Å²) in [5.74, 6) is 0.510. The first-order valence-electron chi connectivity index (χ1n) is 9.96. The van der Waals surface area contributed by atoms with Gasteiger partial charge in [-0.1, -0.05) is 0 Å². The second-order valence-corrected chi connectivity index (χ2v) is 7.29. The Labute approximate surface area is 174 Å². The number of hydrogen-bond donors (Lipinski definition) is 2. The average Bonchev–Trinajstić information content (AvgIpc) is 2.75. The summed E-state index contributed by atoms with van der Waals surface area (Å²) in [5.41, 5.74) is 2.46. The highest BCUT2D eigenvalue weighted by molar-refractivity contribution is 6.04. The molecule has 2 N–H and O–H groups in total. The Morgan fingerprint density at radius 3 is 2.47 bits per heavy atom. The molecule has 3 aromatic rings. The first-order chi connectivity index (χ1) is 14.6. The van der Waals surface area contributed by atoms with Crippen molar-refractivity contribution in [3.8, 4) is 0 Å². The average molecular weight is 406 g/mol. The van der Waals surface area contributed by atoms with Crippen LogP contribution in [-0.4, -0.2) is 33.9 Å². The second kappa shape index (κ2) is 8.86. The molecular formula is C22H23FN6O. The topological polar surface area (TPSA) is 83.0 Å². The lowest BCUT2D eigenvalue weighted by Gasteiger charge is -2.28. The fraction of sp³-hybridized carbons (Fsp3) is 0.273. The molecule has 1 amide bonds. The third-order valence-electron chi connectivity index (χ3n) is 4.89. The Morgan fingerprint density at radius 2 is 1.73 bits per heavy atom. The molecule has 1 fully saturated rings. The van der Waals surface area contributed by atoms with Crippen LogP contribution in [0.25, 0.3) is 0 Å². The largest absolute Gasteiger partial charge is 0.356 e. The summed E-state index contributed by atoms with van der Waals surface area (Å²) in [5, 5.41) is 5.95. The van der Waals surface area contributed by atoms with Crippen molar-refractivity contribution in [2.24, 2.45) is 0 Å². The third-order valence-corrected chi connectivity index (χ3v) is 4.89. The number of piperidine rings is 1. The summed E-state index contributed by atoms with van der Waals surface area (Å²) >= 11 is 0. The van der Waals surface area contributed by atoms with E-state index in [0.717, 1.165) is 42.6 Å². The van der Waals surface area contributed by atoms with Crippen LogP contribution in [0.4, 0.5) is 27.5 Å². The van der Waals surface area contributed by atoms with Gasteiger partial charge in [0.25, 0.3) is 5.91 Å². The zero-order valence-corrected chi connectivity index (χ0v) is 16.7. The van der Waals surface area contributed by atoms with Crippen LogP contribution in [0.15, 0.2) is 48.8 Å². The summed E-state index contributed by atoms with van der Waals surface area (Å²) in [7, 11) is 0. The third kappa shape index (κ3) is 4.89. The quantitative estimate of drug-likeness (QED) is 0.657. The number of halogens is 1. The number of carbonyl (C=O) groups is 1. The fourth-order valence-corrected chi connectivity index (χ4v) is 3.40. The summed E-state index contributed by atoms with van der Waals surface area (Å²) in [6.07, 6.45) is 6.02. The summed E-state index contributed by atoms with van der Waals surface area (Å²) in [6, 6.07) is 10.3. The van der Waals surface area contributed by atoms with Crippen molar-refractivity contribution in [1.82, 2.24) is 15.0 Å². The highest BCUT2D eigenvalue weighted by atomic mass is 19.1. The molecule has 30 heavy (non-hydrogen) atoms. The molecule has 8 heteroatoms. The van der Waals surface area contributed by atoms with E-state index in [1.807, 2.05) is 25.1 Å². The first kappa shape index (κ1) is 19.8. The minimum atomic E-state index is -0.552. The standard InChI is InChI=1S/C22H23FN6O/c1-15-11-20(29-9-3-2-4-10-29)28-22(25-15)27-19-7-5-18(6-8-19)26-21(30)16-12-17(23)14-24-13-16/h5-8,11-14H,2-4,9-10H2,1H3,(H,26,30)(H,25,27,28). The number of rotatable bonds is 5. The van der Waals surface area contributed by atoms with Crippen molar-refractivity contribution >= 4 is 29.0 Å². The van der Waals surface area contributed by atoms with Gasteiger partial charge < -0.3 is 15.5 Å². The molecule has 1 aliphatic rings. The Bertz CT molecular complexity index is 1030. The highest BCUT2D eigenvalue weighted by Gasteiger charge is 2.14. The van der Waals surface area contributed by atoms with Gasteiger partial charge in [0.2, 0.25) is 5.95 Å². The van der Waals surface area contributed by atoms with Crippen LogP contribution in [0.2, 0.25) is 0 Å². The van der Waals surface area contributed by atoms with Crippen LogP contribution >= 0.6 is 0 Å². The lowest BCUT2D eigenvalue weighted by Crippen LogP contribution is -2.30. The van der Waals surface area contributed by atoms with E-state index >= 15 is 0 Å². The van der Waals surface area contributed by atoms with Crippen LogP contribution in [0, 0.1) is 12.7 Å². The zero-order valence-electron chi connectivity index (χ0n) is 16.7. The Hall–Kier alpha value is -3.55. The fourth-order valence-electron chi connectivity index (χ4n) is 3.40. The number of nitrogens with one attached hydrogen (secondary N) is 2. The molecule has 7 nitrogen and oxygen atoms in total. The Balaban J connectivity index is 1.43. The molecular weight excluding hydrogens is 383 g/mol. The SMILES string of the molecule is Cc1cc(N2CCCCC2)nc(Nc2ccc(NC(=O)c3cncc(F)c3)cc2)n1. The maximum absolute atomic E-state index is 13.2. The lowest BCUT2D eigenvalue weighted by molar-refractivity contribution is 0.102. The van der Waals surface area contributed by atoms with Crippen molar-refractivity contribution < 1.29 is 9.18 Å². The van der Waals surface area contributed by atoms with E-state index in [1.165, 1.54) is 25.5 Å². The van der Waals surface area contributed by atoms with Gasteiger partial charge in [-0.05, 0) is 56.5 Å².